The highest BCUT2D eigenvalue weighted by molar-refractivity contribution is 5.80. The molecule has 0 bridgehead atoms. The second-order valence-electron chi connectivity index (χ2n) is 4.71. The molecule has 1 aromatic carbocycles. The molecule has 3 aromatic rings. The number of hydrogen-bond acceptors (Lipinski definition) is 4. The lowest BCUT2D eigenvalue weighted by molar-refractivity contribution is 0.840. The van der Waals surface area contributed by atoms with E-state index >= 15 is 0 Å². The molecular weight excluding hydrogens is 250 g/mol. The number of aromatic nitrogens is 4. The molecule has 102 valence electrons. The molecule has 0 fully saturated rings. The van der Waals surface area contributed by atoms with Crippen LogP contribution in [0.2, 0.25) is 0 Å². The Hall–Kier alpha value is -2.43. The zero-order valence-electron chi connectivity index (χ0n) is 11.9. The molecule has 3 rings (SSSR count). The lowest BCUT2D eigenvalue weighted by atomic mass is 10.2. The predicted octanol–water partition coefficient (Wildman–Crippen LogP) is 2.86. The molecular formula is C15H17N5. The van der Waals surface area contributed by atoms with Crippen molar-refractivity contribution in [3.05, 3.63) is 41.9 Å². The van der Waals surface area contributed by atoms with Gasteiger partial charge in [-0.2, -0.15) is 5.10 Å². The van der Waals surface area contributed by atoms with Gasteiger partial charge in [0.25, 0.3) is 0 Å². The maximum atomic E-state index is 4.56. The van der Waals surface area contributed by atoms with Crippen LogP contribution in [0.15, 0.2) is 30.5 Å². The number of aryl methyl sites for hydroxylation is 1. The Morgan fingerprint density at radius 1 is 1.15 bits per heavy atom. The lowest BCUT2D eigenvalue weighted by Crippen LogP contribution is -2.10. The summed E-state index contributed by atoms with van der Waals surface area (Å²) in [5.74, 6) is 2.44. The monoisotopic (exact) mass is 267 g/mol. The van der Waals surface area contributed by atoms with Gasteiger partial charge >= 0.3 is 0 Å². The molecule has 0 aliphatic rings. The first-order valence-electron chi connectivity index (χ1n) is 6.73. The summed E-state index contributed by atoms with van der Waals surface area (Å²) >= 11 is 0. The van der Waals surface area contributed by atoms with Gasteiger partial charge in [-0.3, -0.25) is 0 Å². The lowest BCUT2D eigenvalue weighted by Gasteiger charge is -2.12. The summed E-state index contributed by atoms with van der Waals surface area (Å²) in [6, 6.07) is 8.12. The Labute approximate surface area is 117 Å². The van der Waals surface area contributed by atoms with Crippen LogP contribution in [0.4, 0.5) is 5.82 Å². The minimum atomic E-state index is 0.737. The molecule has 20 heavy (non-hydrogen) atoms. The van der Waals surface area contributed by atoms with Crippen LogP contribution in [-0.4, -0.2) is 26.3 Å². The molecule has 0 amide bonds. The minimum Gasteiger partial charge on any atom is -0.370 e. The first kappa shape index (κ1) is 12.6. The third-order valence-corrected chi connectivity index (χ3v) is 3.25. The summed E-state index contributed by atoms with van der Waals surface area (Å²) in [5, 5.41) is 8.85. The van der Waals surface area contributed by atoms with Crippen molar-refractivity contribution in [1.29, 1.82) is 0 Å². The average Bonchev–Trinajstić information content (AvgIpc) is 2.86. The molecule has 2 heterocycles. The summed E-state index contributed by atoms with van der Waals surface area (Å²) in [6.07, 6.45) is 1.86. The van der Waals surface area contributed by atoms with Crippen molar-refractivity contribution in [3.63, 3.8) is 0 Å². The van der Waals surface area contributed by atoms with Crippen molar-refractivity contribution < 1.29 is 0 Å². The standard InChI is InChI=1S/C15H17N5/c1-4-16-14-10(2)15(19-11(3)18-14)20-13-8-6-5-7-12(13)9-17-20/h5-9H,4H2,1-3H3,(H,16,18,19). The van der Waals surface area contributed by atoms with Crippen molar-refractivity contribution in [3.8, 4) is 5.82 Å². The van der Waals surface area contributed by atoms with Crippen LogP contribution in [0, 0.1) is 13.8 Å². The Bertz CT molecular complexity index is 760. The number of fused-ring (bicyclic) bond motifs is 1. The van der Waals surface area contributed by atoms with Crippen molar-refractivity contribution >= 4 is 16.7 Å². The van der Waals surface area contributed by atoms with E-state index in [-0.39, 0.29) is 0 Å². The van der Waals surface area contributed by atoms with Crippen molar-refractivity contribution in [2.75, 3.05) is 11.9 Å². The zero-order valence-corrected chi connectivity index (χ0v) is 11.9. The first-order valence-corrected chi connectivity index (χ1v) is 6.73. The van der Waals surface area contributed by atoms with Crippen LogP contribution in [0.5, 0.6) is 0 Å². The molecule has 0 aliphatic carbocycles. The average molecular weight is 267 g/mol. The van der Waals surface area contributed by atoms with E-state index in [1.807, 2.05) is 49.0 Å². The van der Waals surface area contributed by atoms with Gasteiger partial charge in [-0.05, 0) is 26.8 Å². The highest BCUT2D eigenvalue weighted by atomic mass is 15.3. The quantitative estimate of drug-likeness (QED) is 0.792. The normalized spacial score (nSPS) is 10.9. The molecule has 1 N–H and O–H groups in total. The Morgan fingerprint density at radius 2 is 1.95 bits per heavy atom. The fourth-order valence-corrected chi connectivity index (χ4v) is 2.30. The first-order chi connectivity index (χ1) is 9.70. The van der Waals surface area contributed by atoms with E-state index in [9.17, 15) is 0 Å². The fraction of sp³-hybridized carbons (Fsp3) is 0.267. The van der Waals surface area contributed by atoms with Gasteiger partial charge in [0.2, 0.25) is 0 Å². The van der Waals surface area contributed by atoms with Crippen LogP contribution in [0.3, 0.4) is 0 Å². The van der Waals surface area contributed by atoms with Crippen LogP contribution in [0.25, 0.3) is 16.7 Å². The number of rotatable bonds is 3. The van der Waals surface area contributed by atoms with E-state index in [0.717, 1.165) is 40.5 Å². The fourth-order valence-electron chi connectivity index (χ4n) is 2.30. The maximum Gasteiger partial charge on any atom is 0.162 e. The van der Waals surface area contributed by atoms with Gasteiger partial charge in [0.15, 0.2) is 5.82 Å². The van der Waals surface area contributed by atoms with Gasteiger partial charge in [0, 0.05) is 17.5 Å². The molecule has 0 aliphatic heterocycles. The third kappa shape index (κ3) is 2.01. The zero-order chi connectivity index (χ0) is 14.1. The van der Waals surface area contributed by atoms with Gasteiger partial charge in [-0.25, -0.2) is 14.6 Å². The number of anilines is 1. The van der Waals surface area contributed by atoms with Crippen LogP contribution in [0.1, 0.15) is 18.3 Å². The highest BCUT2D eigenvalue weighted by Crippen LogP contribution is 2.22. The second-order valence-corrected chi connectivity index (χ2v) is 4.71. The summed E-state index contributed by atoms with van der Waals surface area (Å²) in [7, 11) is 0. The summed E-state index contributed by atoms with van der Waals surface area (Å²) < 4.78 is 1.88. The number of nitrogens with zero attached hydrogens (tertiary/aromatic N) is 4. The maximum absolute atomic E-state index is 4.56. The molecule has 0 atom stereocenters. The smallest absolute Gasteiger partial charge is 0.162 e. The molecule has 0 unspecified atom stereocenters. The highest BCUT2D eigenvalue weighted by Gasteiger charge is 2.13. The van der Waals surface area contributed by atoms with Crippen LogP contribution < -0.4 is 5.32 Å². The van der Waals surface area contributed by atoms with Crippen molar-refractivity contribution in [2.24, 2.45) is 0 Å². The van der Waals surface area contributed by atoms with E-state index in [1.54, 1.807) is 0 Å². The Balaban J connectivity index is 2.23. The number of hydrogen-bond donors (Lipinski definition) is 1. The summed E-state index contributed by atoms with van der Waals surface area (Å²) in [4.78, 5) is 9.01. The Kier molecular flexibility index (Phi) is 3.10. The van der Waals surface area contributed by atoms with Gasteiger partial charge in [-0.1, -0.05) is 18.2 Å². The van der Waals surface area contributed by atoms with E-state index in [1.165, 1.54) is 0 Å². The molecule has 5 nitrogen and oxygen atoms in total. The van der Waals surface area contributed by atoms with Gasteiger partial charge < -0.3 is 5.32 Å². The van der Waals surface area contributed by atoms with Crippen molar-refractivity contribution in [2.45, 2.75) is 20.8 Å². The van der Waals surface area contributed by atoms with Gasteiger partial charge in [0.1, 0.15) is 11.6 Å². The predicted molar refractivity (Wildman–Crippen MR) is 80.3 cm³/mol. The second kappa shape index (κ2) is 4.92. The molecule has 5 heteroatoms. The SMILES string of the molecule is CCNc1nc(C)nc(-n2ncc3ccccc32)c1C. The number of para-hydroxylation sites is 1. The van der Waals surface area contributed by atoms with E-state index < -0.39 is 0 Å². The number of nitrogens with one attached hydrogen (secondary N) is 1. The topological polar surface area (TPSA) is 55.6 Å². The molecule has 0 radical (unpaired) electrons. The molecule has 0 spiro atoms. The van der Waals surface area contributed by atoms with E-state index in [0.29, 0.717) is 0 Å². The largest absolute Gasteiger partial charge is 0.370 e. The van der Waals surface area contributed by atoms with Gasteiger partial charge in [0.05, 0.1) is 11.7 Å². The summed E-state index contributed by atoms with van der Waals surface area (Å²) in [6.45, 7) is 6.80. The minimum absolute atomic E-state index is 0.737. The van der Waals surface area contributed by atoms with Crippen LogP contribution >= 0.6 is 0 Å². The third-order valence-electron chi connectivity index (χ3n) is 3.25. The molecule has 0 saturated heterocycles. The molecule has 0 saturated carbocycles. The number of benzene rings is 1. The van der Waals surface area contributed by atoms with Gasteiger partial charge in [-0.15, -0.1) is 0 Å². The van der Waals surface area contributed by atoms with E-state index in [4.69, 9.17) is 0 Å². The van der Waals surface area contributed by atoms with Crippen LogP contribution in [-0.2, 0) is 0 Å². The van der Waals surface area contributed by atoms with Crippen molar-refractivity contribution in [1.82, 2.24) is 19.7 Å². The van der Waals surface area contributed by atoms with E-state index in [2.05, 4.69) is 27.3 Å². The Morgan fingerprint density at radius 3 is 2.75 bits per heavy atom. The molecule has 2 aromatic heterocycles. The summed E-state index contributed by atoms with van der Waals surface area (Å²) in [5.41, 5.74) is 2.06.